The first-order valence-electron chi connectivity index (χ1n) is 8.62. The zero-order valence-corrected chi connectivity index (χ0v) is 14.8. The van der Waals surface area contributed by atoms with Crippen LogP contribution < -0.4 is 0 Å². The largest absolute Gasteiger partial charge is 0.466 e. The molecule has 5 nitrogen and oxygen atoms in total. The number of ether oxygens (including phenoxy) is 2. The zero-order chi connectivity index (χ0) is 17.6. The Labute approximate surface area is 143 Å². The van der Waals surface area contributed by atoms with E-state index in [0.29, 0.717) is 19.7 Å². The van der Waals surface area contributed by atoms with Gasteiger partial charge in [-0.1, -0.05) is 44.2 Å². The van der Waals surface area contributed by atoms with Crippen LogP contribution in [-0.2, 0) is 20.9 Å². The number of benzene rings is 1. The van der Waals surface area contributed by atoms with E-state index in [4.69, 9.17) is 9.47 Å². The normalized spacial score (nSPS) is 20.8. The van der Waals surface area contributed by atoms with Gasteiger partial charge in [0.25, 0.3) is 0 Å². The van der Waals surface area contributed by atoms with Gasteiger partial charge in [0, 0.05) is 13.1 Å². The molecule has 0 saturated carbocycles. The summed E-state index contributed by atoms with van der Waals surface area (Å²) in [5.41, 5.74) is 0.309. The van der Waals surface area contributed by atoms with Crippen LogP contribution in [0.4, 0.5) is 4.79 Å². The smallest absolute Gasteiger partial charge is 0.410 e. The molecule has 1 saturated heterocycles. The van der Waals surface area contributed by atoms with Gasteiger partial charge in [-0.25, -0.2) is 4.79 Å². The van der Waals surface area contributed by atoms with Crippen LogP contribution in [0.3, 0.4) is 0 Å². The number of likely N-dealkylation sites (tertiary alicyclic amines) is 1. The summed E-state index contributed by atoms with van der Waals surface area (Å²) in [6.07, 6.45) is 1.15. The topological polar surface area (TPSA) is 55.8 Å². The number of hydrogen-bond donors (Lipinski definition) is 0. The van der Waals surface area contributed by atoms with Crippen molar-refractivity contribution in [2.75, 3.05) is 19.7 Å². The minimum atomic E-state index is -0.639. The van der Waals surface area contributed by atoms with Crippen molar-refractivity contribution >= 4 is 12.1 Å². The number of carbonyl (C=O) groups is 2. The van der Waals surface area contributed by atoms with E-state index in [1.807, 2.05) is 44.2 Å². The van der Waals surface area contributed by atoms with Crippen LogP contribution in [0, 0.1) is 11.3 Å². The van der Waals surface area contributed by atoms with Crippen LogP contribution in [0.15, 0.2) is 30.3 Å². The minimum absolute atomic E-state index is 0.0984. The summed E-state index contributed by atoms with van der Waals surface area (Å²) >= 11 is 0. The Balaban J connectivity index is 2.02. The van der Waals surface area contributed by atoms with Gasteiger partial charge in [0.05, 0.1) is 12.0 Å². The van der Waals surface area contributed by atoms with Crippen molar-refractivity contribution in [1.29, 1.82) is 0 Å². The maximum absolute atomic E-state index is 12.5. The lowest BCUT2D eigenvalue weighted by Crippen LogP contribution is -2.53. The van der Waals surface area contributed by atoms with Gasteiger partial charge in [0.15, 0.2) is 0 Å². The first kappa shape index (κ1) is 18.3. The highest BCUT2D eigenvalue weighted by Gasteiger charge is 2.47. The van der Waals surface area contributed by atoms with Crippen molar-refractivity contribution in [3.63, 3.8) is 0 Å². The van der Waals surface area contributed by atoms with E-state index in [9.17, 15) is 9.59 Å². The molecule has 1 unspecified atom stereocenters. The maximum Gasteiger partial charge on any atom is 0.410 e. The molecule has 0 aromatic heterocycles. The summed E-state index contributed by atoms with van der Waals surface area (Å²) in [6, 6.07) is 9.58. The number of nitrogens with zero attached hydrogens (tertiary/aromatic N) is 1. The Morgan fingerprint density at radius 2 is 1.92 bits per heavy atom. The van der Waals surface area contributed by atoms with E-state index in [-0.39, 0.29) is 24.6 Å². The van der Waals surface area contributed by atoms with Crippen LogP contribution in [-0.4, -0.2) is 36.7 Å². The number of amides is 1. The van der Waals surface area contributed by atoms with Crippen LogP contribution in [0.2, 0.25) is 0 Å². The third-order valence-electron chi connectivity index (χ3n) is 4.77. The van der Waals surface area contributed by atoms with Crippen molar-refractivity contribution in [3.05, 3.63) is 35.9 Å². The van der Waals surface area contributed by atoms with Crippen molar-refractivity contribution in [1.82, 2.24) is 4.90 Å². The van der Waals surface area contributed by atoms with Crippen molar-refractivity contribution < 1.29 is 19.1 Å². The quantitative estimate of drug-likeness (QED) is 0.772. The van der Waals surface area contributed by atoms with E-state index in [1.54, 1.807) is 11.8 Å². The third kappa shape index (κ3) is 4.08. The summed E-state index contributed by atoms with van der Waals surface area (Å²) in [4.78, 5) is 26.6. The van der Waals surface area contributed by atoms with Crippen LogP contribution in [0.25, 0.3) is 0 Å². The third-order valence-corrected chi connectivity index (χ3v) is 4.77. The molecule has 1 aliphatic heterocycles. The predicted octanol–water partition coefficient (Wildman–Crippen LogP) is 3.62. The Kier molecular flexibility index (Phi) is 6.23. The van der Waals surface area contributed by atoms with E-state index in [2.05, 4.69) is 0 Å². The number of esters is 1. The number of hydrogen-bond acceptors (Lipinski definition) is 4. The lowest BCUT2D eigenvalue weighted by atomic mass is 9.71. The molecule has 0 radical (unpaired) electrons. The highest BCUT2D eigenvalue weighted by atomic mass is 16.6. The molecular weight excluding hydrogens is 306 g/mol. The fourth-order valence-corrected chi connectivity index (χ4v) is 3.20. The predicted molar refractivity (Wildman–Crippen MR) is 91.3 cm³/mol. The molecule has 5 heteroatoms. The van der Waals surface area contributed by atoms with Gasteiger partial charge in [-0.05, 0) is 31.2 Å². The molecule has 1 heterocycles. The van der Waals surface area contributed by atoms with Gasteiger partial charge in [0.1, 0.15) is 6.61 Å². The molecular formula is C19H27NO4. The lowest BCUT2D eigenvalue weighted by Gasteiger charge is -2.42. The van der Waals surface area contributed by atoms with Gasteiger partial charge >= 0.3 is 12.1 Å². The number of rotatable bonds is 5. The first-order valence-corrected chi connectivity index (χ1v) is 8.62. The van der Waals surface area contributed by atoms with E-state index < -0.39 is 5.41 Å². The van der Waals surface area contributed by atoms with Gasteiger partial charge in [-0.2, -0.15) is 0 Å². The lowest BCUT2D eigenvalue weighted by molar-refractivity contribution is -0.162. The zero-order valence-electron chi connectivity index (χ0n) is 14.8. The second-order valence-corrected chi connectivity index (χ2v) is 6.60. The molecule has 0 bridgehead atoms. The Hall–Kier alpha value is -2.04. The molecule has 1 amide bonds. The molecule has 1 aliphatic rings. The maximum atomic E-state index is 12.5. The van der Waals surface area contributed by atoms with Crippen LogP contribution in [0.1, 0.15) is 39.2 Å². The second kappa shape index (κ2) is 8.18. The number of carbonyl (C=O) groups excluding carboxylic acids is 2. The molecule has 1 fully saturated rings. The average Bonchev–Trinajstić information content (AvgIpc) is 2.60. The van der Waals surface area contributed by atoms with E-state index >= 15 is 0 Å². The molecule has 132 valence electrons. The van der Waals surface area contributed by atoms with E-state index in [1.165, 1.54) is 0 Å². The Bertz CT molecular complexity index is 558. The average molecular weight is 333 g/mol. The molecule has 24 heavy (non-hydrogen) atoms. The van der Waals surface area contributed by atoms with Crippen molar-refractivity contribution in [3.8, 4) is 0 Å². The molecule has 0 aliphatic carbocycles. The van der Waals surface area contributed by atoms with Crippen molar-refractivity contribution in [2.24, 2.45) is 11.3 Å². The second-order valence-electron chi connectivity index (χ2n) is 6.60. The summed E-state index contributed by atoms with van der Waals surface area (Å²) in [5, 5.41) is 0. The van der Waals surface area contributed by atoms with Crippen molar-refractivity contribution in [2.45, 2.75) is 40.2 Å². The molecule has 0 N–H and O–H groups in total. The first-order chi connectivity index (χ1) is 11.5. The highest BCUT2D eigenvalue weighted by Crippen LogP contribution is 2.38. The van der Waals surface area contributed by atoms with Gasteiger partial charge in [-0.3, -0.25) is 4.79 Å². The van der Waals surface area contributed by atoms with Gasteiger partial charge < -0.3 is 14.4 Å². The Morgan fingerprint density at radius 3 is 2.54 bits per heavy atom. The summed E-state index contributed by atoms with van der Waals surface area (Å²) in [6.45, 7) is 7.39. The molecule has 2 rings (SSSR count). The SMILES string of the molecule is CCOC(=O)C1(C(C)C)CCCN(C(=O)OCc2ccccc2)C1. The van der Waals surface area contributed by atoms with Crippen LogP contribution in [0.5, 0.6) is 0 Å². The summed E-state index contributed by atoms with van der Waals surface area (Å²) < 4.78 is 10.7. The standard InChI is InChI=1S/C19H27NO4/c1-4-23-17(21)19(15(2)3)11-8-12-20(14-19)18(22)24-13-16-9-6-5-7-10-16/h5-7,9-10,15H,4,8,11-14H2,1-3H3. The molecule has 1 aromatic rings. The fourth-order valence-electron chi connectivity index (χ4n) is 3.20. The minimum Gasteiger partial charge on any atom is -0.466 e. The molecule has 1 atom stereocenters. The fraction of sp³-hybridized carbons (Fsp3) is 0.579. The van der Waals surface area contributed by atoms with Gasteiger partial charge in [-0.15, -0.1) is 0 Å². The molecule has 1 aromatic carbocycles. The molecule has 0 spiro atoms. The van der Waals surface area contributed by atoms with Gasteiger partial charge in [0.2, 0.25) is 0 Å². The summed E-state index contributed by atoms with van der Waals surface area (Å²) in [7, 11) is 0. The monoisotopic (exact) mass is 333 g/mol. The number of piperidine rings is 1. The van der Waals surface area contributed by atoms with E-state index in [0.717, 1.165) is 18.4 Å². The summed E-state index contributed by atoms with van der Waals surface area (Å²) in [5.74, 6) is -0.109. The Morgan fingerprint density at radius 1 is 1.21 bits per heavy atom. The highest BCUT2D eigenvalue weighted by molar-refractivity contribution is 5.79. The van der Waals surface area contributed by atoms with Crippen LogP contribution >= 0.6 is 0 Å².